The lowest BCUT2D eigenvalue weighted by Gasteiger charge is -2.13. The highest BCUT2D eigenvalue weighted by molar-refractivity contribution is 6.04. The van der Waals surface area contributed by atoms with Crippen LogP contribution >= 0.6 is 0 Å². The van der Waals surface area contributed by atoms with Crippen molar-refractivity contribution in [2.45, 2.75) is 13.2 Å². The molecule has 0 unspecified atom stereocenters. The van der Waals surface area contributed by atoms with Gasteiger partial charge in [-0.1, -0.05) is 18.2 Å². The van der Waals surface area contributed by atoms with Crippen LogP contribution < -0.4 is 21.1 Å². The molecule has 9 heteroatoms. The Hall–Kier alpha value is -3.85. The number of carbonyl (C=O) groups is 2. The van der Waals surface area contributed by atoms with Gasteiger partial charge in [-0.3, -0.25) is 9.59 Å². The quantitative estimate of drug-likeness (QED) is 0.421. The predicted molar refractivity (Wildman–Crippen MR) is 108 cm³/mol. The van der Waals surface area contributed by atoms with Crippen molar-refractivity contribution in [2.75, 3.05) is 10.6 Å². The Morgan fingerprint density at radius 3 is 2.43 bits per heavy atom. The highest BCUT2D eigenvalue weighted by Crippen LogP contribution is 2.24. The topological polar surface area (TPSA) is 106 Å². The highest BCUT2D eigenvalue weighted by atomic mass is 19.3. The smallest absolute Gasteiger partial charge is 0.420 e. The van der Waals surface area contributed by atoms with E-state index in [1.54, 1.807) is 36.5 Å². The molecule has 1 heterocycles. The van der Waals surface area contributed by atoms with Crippen LogP contribution in [-0.2, 0) is 4.79 Å². The lowest BCUT2D eigenvalue weighted by atomic mass is 10.1. The summed E-state index contributed by atoms with van der Waals surface area (Å²) in [6.07, 6.45) is -2.28. The normalized spacial score (nSPS) is 10.9. The number of aromatic nitrogens is 1. The number of benzene rings is 2. The Kier molecular flexibility index (Phi) is 6.03. The fraction of sp³-hybridized carbons (Fsp3) is 0.0952. The van der Waals surface area contributed by atoms with E-state index in [1.165, 1.54) is 25.1 Å². The number of hydrogen-bond acceptors (Lipinski definition) is 5. The number of rotatable bonds is 6. The molecule has 154 valence electrons. The number of anilines is 2. The van der Waals surface area contributed by atoms with E-state index in [4.69, 9.17) is 0 Å². The molecule has 4 N–H and O–H groups in total. The second-order valence-corrected chi connectivity index (χ2v) is 6.34. The van der Waals surface area contributed by atoms with Crippen LogP contribution in [0.1, 0.15) is 17.3 Å². The molecular formula is C21H18F2N4O3. The minimum Gasteiger partial charge on any atom is -0.420 e. The first-order valence-corrected chi connectivity index (χ1v) is 8.81. The predicted octanol–water partition coefficient (Wildman–Crippen LogP) is 3.85. The summed E-state index contributed by atoms with van der Waals surface area (Å²) in [6.45, 7) is 1.43. The summed E-state index contributed by atoms with van der Waals surface area (Å²) in [7, 11) is 0. The zero-order valence-electron chi connectivity index (χ0n) is 15.9. The van der Waals surface area contributed by atoms with E-state index in [2.05, 4.69) is 26.1 Å². The Labute approximate surface area is 170 Å². The molecule has 0 aliphatic rings. The Morgan fingerprint density at radius 2 is 1.77 bits per heavy atom. The molecule has 0 saturated heterocycles. The third-order valence-corrected chi connectivity index (χ3v) is 3.87. The van der Waals surface area contributed by atoms with Crippen molar-refractivity contribution in [1.29, 1.82) is 0 Å². The van der Waals surface area contributed by atoms with Gasteiger partial charge in [-0.05, 0) is 48.0 Å². The molecule has 0 atom stereocenters. The second kappa shape index (κ2) is 8.66. The first-order valence-electron chi connectivity index (χ1n) is 8.81. The lowest BCUT2D eigenvalue weighted by Crippen LogP contribution is -2.35. The first kappa shape index (κ1) is 20.9. The Balaban J connectivity index is 1.71. The fourth-order valence-electron chi connectivity index (χ4n) is 2.66. The van der Waals surface area contributed by atoms with E-state index < -0.39 is 12.1 Å². The van der Waals surface area contributed by atoms with E-state index in [9.17, 15) is 18.4 Å². The van der Waals surface area contributed by atoms with Gasteiger partial charge in [0.2, 0.25) is 5.91 Å². The minimum absolute atomic E-state index is 0.102. The molecule has 1 aromatic heterocycles. The lowest BCUT2D eigenvalue weighted by molar-refractivity contribution is -0.170. The van der Waals surface area contributed by atoms with Gasteiger partial charge < -0.3 is 15.4 Å². The summed E-state index contributed by atoms with van der Waals surface area (Å²) in [6, 6.07) is 15.8. The summed E-state index contributed by atoms with van der Waals surface area (Å²) in [5.74, 6) is -0.684. The van der Waals surface area contributed by atoms with Gasteiger partial charge in [-0.25, -0.2) is 10.7 Å². The number of carbonyl (C=O) groups excluding carboxylic acids is 2. The maximum absolute atomic E-state index is 12.8. The molecule has 0 spiro atoms. The van der Waals surface area contributed by atoms with Crippen LogP contribution in [0.5, 0.6) is 5.75 Å². The van der Waals surface area contributed by atoms with Gasteiger partial charge in [0, 0.05) is 29.9 Å². The minimum atomic E-state index is -3.84. The molecule has 30 heavy (non-hydrogen) atoms. The standard InChI is InChI=1S/C21H18F2N4O3/c1-13(28)26-17-6-2-4-14(10-17)16-8-9-19(25-12-16)27-20(29)15-5-3-7-18(11-15)30-21(22,23)24/h2-12H,24H2,1H3,(H,26,28)(H,25,27,29). The van der Waals surface area contributed by atoms with E-state index in [0.29, 0.717) is 5.69 Å². The van der Waals surface area contributed by atoms with E-state index in [1.807, 2.05) is 6.07 Å². The van der Waals surface area contributed by atoms with Crippen molar-refractivity contribution in [2.24, 2.45) is 5.73 Å². The average Bonchev–Trinajstić information content (AvgIpc) is 2.67. The molecule has 0 radical (unpaired) electrons. The molecule has 7 nitrogen and oxygen atoms in total. The molecule has 0 fully saturated rings. The van der Waals surface area contributed by atoms with Crippen molar-refractivity contribution in [3.63, 3.8) is 0 Å². The number of halogens is 2. The third kappa shape index (κ3) is 5.82. The van der Waals surface area contributed by atoms with Crippen molar-refractivity contribution in [3.8, 4) is 16.9 Å². The molecular weight excluding hydrogens is 394 g/mol. The summed E-state index contributed by atoms with van der Waals surface area (Å²) in [5.41, 5.74) is 6.89. The summed E-state index contributed by atoms with van der Waals surface area (Å²) < 4.78 is 29.8. The monoisotopic (exact) mass is 412 g/mol. The van der Waals surface area contributed by atoms with Crippen LogP contribution in [0.25, 0.3) is 11.1 Å². The molecule has 0 aliphatic carbocycles. The average molecular weight is 412 g/mol. The molecule has 0 saturated carbocycles. The molecule has 0 aliphatic heterocycles. The first-order chi connectivity index (χ1) is 14.2. The third-order valence-electron chi connectivity index (χ3n) is 3.87. The van der Waals surface area contributed by atoms with Gasteiger partial charge in [0.05, 0.1) is 0 Å². The highest BCUT2D eigenvalue weighted by Gasteiger charge is 2.24. The van der Waals surface area contributed by atoms with Gasteiger partial charge in [0.25, 0.3) is 5.91 Å². The van der Waals surface area contributed by atoms with E-state index >= 15 is 0 Å². The SMILES string of the molecule is CC(=O)Nc1cccc(-c2ccc(NC(=O)c3cccc(OC(N)(F)F)c3)nc2)c1. The van der Waals surface area contributed by atoms with Gasteiger partial charge in [0.1, 0.15) is 11.6 Å². The molecule has 3 aromatic rings. The van der Waals surface area contributed by atoms with Crippen LogP contribution in [0, 0.1) is 0 Å². The number of alkyl halides is 2. The van der Waals surface area contributed by atoms with Crippen LogP contribution in [-0.4, -0.2) is 23.0 Å². The Bertz CT molecular complexity index is 1070. The van der Waals surface area contributed by atoms with Gasteiger partial charge in [-0.2, -0.15) is 0 Å². The largest absolute Gasteiger partial charge is 0.466 e. The molecule has 2 amide bonds. The summed E-state index contributed by atoms with van der Waals surface area (Å²) >= 11 is 0. The number of nitrogens with one attached hydrogen (secondary N) is 2. The van der Waals surface area contributed by atoms with E-state index in [-0.39, 0.29) is 23.0 Å². The number of amides is 2. The number of hydrogen-bond donors (Lipinski definition) is 3. The van der Waals surface area contributed by atoms with Crippen molar-refractivity contribution >= 4 is 23.3 Å². The van der Waals surface area contributed by atoms with Gasteiger partial charge in [0.15, 0.2) is 0 Å². The van der Waals surface area contributed by atoms with Gasteiger partial charge >= 0.3 is 6.23 Å². The molecule has 3 rings (SSSR count). The zero-order valence-corrected chi connectivity index (χ0v) is 15.9. The number of ether oxygens (including phenoxy) is 1. The van der Waals surface area contributed by atoms with Crippen LogP contribution in [0.15, 0.2) is 66.9 Å². The zero-order chi connectivity index (χ0) is 21.7. The maximum atomic E-state index is 12.8. The summed E-state index contributed by atoms with van der Waals surface area (Å²) in [4.78, 5) is 27.8. The van der Waals surface area contributed by atoms with Crippen molar-refractivity contribution in [3.05, 3.63) is 72.4 Å². The maximum Gasteiger partial charge on any atom is 0.466 e. The molecule has 2 aromatic carbocycles. The summed E-state index contributed by atoms with van der Waals surface area (Å²) in [5, 5.41) is 5.29. The number of nitrogens with zero attached hydrogens (tertiary/aromatic N) is 1. The van der Waals surface area contributed by atoms with Crippen molar-refractivity contribution in [1.82, 2.24) is 4.98 Å². The Morgan fingerprint density at radius 1 is 1.00 bits per heavy atom. The van der Waals surface area contributed by atoms with Crippen LogP contribution in [0.2, 0.25) is 0 Å². The van der Waals surface area contributed by atoms with Crippen molar-refractivity contribution < 1.29 is 23.1 Å². The number of pyridine rings is 1. The van der Waals surface area contributed by atoms with Crippen LogP contribution in [0.4, 0.5) is 20.3 Å². The second-order valence-electron chi connectivity index (χ2n) is 6.34. The van der Waals surface area contributed by atoms with Gasteiger partial charge in [-0.15, -0.1) is 8.78 Å². The molecule has 0 bridgehead atoms. The van der Waals surface area contributed by atoms with Crippen LogP contribution in [0.3, 0.4) is 0 Å². The number of nitrogens with two attached hydrogens (primary N) is 1. The fourth-order valence-corrected chi connectivity index (χ4v) is 2.66. The van der Waals surface area contributed by atoms with E-state index in [0.717, 1.165) is 17.2 Å².